The molecule has 0 spiro atoms. The number of carbonyl (C=O) groups excluding carboxylic acids is 4. The van der Waals surface area contributed by atoms with Crippen LogP contribution in [0.5, 0.6) is 0 Å². The molecule has 4 rings (SSSR count). The molecule has 0 heterocycles. The average Bonchev–Trinajstić information content (AvgIpc) is 3.38. The number of hydrogen-bond donors (Lipinski definition) is 1. The molecule has 0 saturated heterocycles. The van der Waals surface area contributed by atoms with Gasteiger partial charge in [0.2, 0.25) is 0 Å². The molecule has 4 bridgehead atoms. The van der Waals surface area contributed by atoms with Crippen LogP contribution in [0.2, 0.25) is 0 Å². The van der Waals surface area contributed by atoms with E-state index in [2.05, 4.69) is 47.0 Å². The van der Waals surface area contributed by atoms with E-state index in [9.17, 15) is 19.2 Å². The van der Waals surface area contributed by atoms with E-state index >= 15 is 0 Å². The van der Waals surface area contributed by atoms with Crippen molar-refractivity contribution in [2.45, 2.75) is 119 Å². The summed E-state index contributed by atoms with van der Waals surface area (Å²) in [4.78, 5) is 52.6. The van der Waals surface area contributed by atoms with Crippen LogP contribution in [0.4, 0.5) is 9.59 Å². The molecule has 40 heavy (non-hydrogen) atoms. The van der Waals surface area contributed by atoms with Gasteiger partial charge >= 0.3 is 24.1 Å². The summed E-state index contributed by atoms with van der Waals surface area (Å²) < 4.78 is 22.2. The fraction of sp³-hybridized carbons (Fsp3) is 0.867. The first-order valence-corrected chi connectivity index (χ1v) is 14.9. The number of ether oxygens (including phenoxy) is 4. The van der Waals surface area contributed by atoms with E-state index in [1.807, 2.05) is 0 Å². The first-order chi connectivity index (χ1) is 18.6. The molecule has 226 valence electrons. The van der Waals surface area contributed by atoms with Gasteiger partial charge in [-0.15, -0.1) is 0 Å². The summed E-state index contributed by atoms with van der Waals surface area (Å²) >= 11 is 0. The molecule has 4 fully saturated rings. The number of hydrogen-bond acceptors (Lipinski definition) is 8. The van der Waals surface area contributed by atoms with Crippen molar-refractivity contribution in [3.63, 3.8) is 0 Å². The standard InChI is InChI=1S/C30H48N2O8/c1-9-37-23(33)17-20(24(34)38-10-2)32(26(36)40-22-16-19-12-14-30(22,8)28(19,5)6)31-25(35)39-21-15-18-11-13-29(21,7)27(18,3)4/h18-22H,9-17H2,1-8H3,(H,31,35)/t18-,19-,20?,21+,22+,29+,30+/m0/s1. The highest BCUT2D eigenvalue weighted by molar-refractivity contribution is 5.87. The van der Waals surface area contributed by atoms with E-state index in [1.54, 1.807) is 13.8 Å². The van der Waals surface area contributed by atoms with Gasteiger partial charge < -0.3 is 18.9 Å². The maximum Gasteiger partial charge on any atom is 0.429 e. The van der Waals surface area contributed by atoms with E-state index in [-0.39, 0.29) is 41.0 Å². The van der Waals surface area contributed by atoms with E-state index in [1.165, 1.54) is 0 Å². The van der Waals surface area contributed by atoms with E-state index in [0.29, 0.717) is 18.3 Å². The normalized spacial score (nSPS) is 35.1. The summed E-state index contributed by atoms with van der Waals surface area (Å²) in [6, 6.07) is -1.48. The lowest BCUT2D eigenvalue weighted by molar-refractivity contribution is -0.157. The van der Waals surface area contributed by atoms with Gasteiger partial charge in [-0.05, 0) is 75.0 Å². The SMILES string of the molecule is CCOC(=O)CC(C(=O)OCC)N(NC(=O)O[C@@H]1C[C@@H]2CC[C@@]1(C)C2(C)C)C(=O)O[C@@H]1C[C@@H]2CC[C@@]1(C)C2(C)C. The fourth-order valence-electron chi connectivity index (χ4n) is 8.20. The molecule has 1 N–H and O–H groups in total. The van der Waals surface area contributed by atoms with Gasteiger partial charge in [-0.2, -0.15) is 0 Å². The van der Waals surface area contributed by atoms with E-state index in [0.717, 1.165) is 37.1 Å². The Hall–Kier alpha value is -2.52. The minimum Gasteiger partial charge on any atom is -0.466 e. The second kappa shape index (κ2) is 10.7. The fourth-order valence-corrected chi connectivity index (χ4v) is 8.20. The Bertz CT molecular complexity index is 1030. The minimum absolute atomic E-state index is 0.0119. The van der Waals surface area contributed by atoms with Crippen LogP contribution in [0, 0.1) is 33.5 Å². The Morgan fingerprint density at radius 1 is 0.800 bits per heavy atom. The number of hydrazine groups is 1. The number of nitrogens with zero attached hydrogens (tertiary/aromatic N) is 1. The van der Waals surface area contributed by atoms with Crippen molar-refractivity contribution in [2.75, 3.05) is 13.2 Å². The molecule has 0 radical (unpaired) electrons. The molecule has 4 saturated carbocycles. The predicted molar refractivity (Wildman–Crippen MR) is 146 cm³/mol. The topological polar surface area (TPSA) is 120 Å². The van der Waals surface area contributed by atoms with Crippen molar-refractivity contribution in [1.82, 2.24) is 10.4 Å². The maximum atomic E-state index is 13.8. The number of carbonyl (C=O) groups is 4. The van der Waals surface area contributed by atoms with Crippen molar-refractivity contribution >= 4 is 24.1 Å². The van der Waals surface area contributed by atoms with E-state index < -0.39 is 42.7 Å². The Kier molecular flexibility index (Phi) is 8.15. The first-order valence-electron chi connectivity index (χ1n) is 14.9. The van der Waals surface area contributed by atoms with Crippen molar-refractivity contribution in [1.29, 1.82) is 0 Å². The molecule has 0 aromatic rings. The quantitative estimate of drug-likeness (QED) is 0.237. The second-order valence-electron chi connectivity index (χ2n) is 13.7. The Morgan fingerprint density at radius 2 is 1.30 bits per heavy atom. The van der Waals surface area contributed by atoms with Gasteiger partial charge in [0.05, 0.1) is 19.6 Å². The molecule has 0 aromatic heterocycles. The molecule has 0 aromatic carbocycles. The second-order valence-corrected chi connectivity index (χ2v) is 13.7. The van der Waals surface area contributed by atoms with Crippen LogP contribution in [-0.4, -0.2) is 60.6 Å². The molecule has 7 atom stereocenters. The van der Waals surface area contributed by atoms with Crippen molar-refractivity contribution < 1.29 is 38.1 Å². The minimum atomic E-state index is -1.48. The summed E-state index contributed by atoms with van der Waals surface area (Å²) in [6.07, 6.45) is 2.42. The zero-order valence-electron chi connectivity index (χ0n) is 25.5. The average molecular weight is 565 g/mol. The number of fused-ring (bicyclic) bond motifs is 4. The highest BCUT2D eigenvalue weighted by Gasteiger charge is 2.64. The largest absolute Gasteiger partial charge is 0.466 e. The van der Waals surface area contributed by atoms with Gasteiger partial charge in [0, 0.05) is 10.8 Å². The van der Waals surface area contributed by atoms with Gasteiger partial charge in [-0.3, -0.25) is 4.79 Å². The highest BCUT2D eigenvalue weighted by Crippen LogP contribution is 2.67. The molecule has 1 unspecified atom stereocenters. The van der Waals surface area contributed by atoms with E-state index in [4.69, 9.17) is 18.9 Å². The lowest BCUT2D eigenvalue weighted by atomic mass is 9.70. The lowest BCUT2D eigenvalue weighted by Gasteiger charge is -2.40. The summed E-state index contributed by atoms with van der Waals surface area (Å²) in [5, 5.41) is 0.778. The van der Waals surface area contributed by atoms with Gasteiger partial charge in [-0.1, -0.05) is 41.5 Å². The van der Waals surface area contributed by atoms with Gasteiger partial charge in [0.25, 0.3) is 0 Å². The smallest absolute Gasteiger partial charge is 0.429 e. The summed E-state index contributed by atoms with van der Waals surface area (Å²) in [5.41, 5.74) is 2.02. The maximum absolute atomic E-state index is 13.8. The predicted octanol–water partition coefficient (Wildman–Crippen LogP) is 5.38. The molecular formula is C30H48N2O8. The van der Waals surface area contributed by atoms with Gasteiger partial charge in [0.1, 0.15) is 12.2 Å². The van der Waals surface area contributed by atoms with Gasteiger partial charge in [-0.25, -0.2) is 24.8 Å². The van der Waals surface area contributed by atoms with Crippen molar-refractivity contribution in [2.24, 2.45) is 33.5 Å². The monoisotopic (exact) mass is 564 g/mol. The summed E-state index contributed by atoms with van der Waals surface area (Å²) in [6.45, 7) is 16.5. The Morgan fingerprint density at radius 3 is 1.73 bits per heavy atom. The Labute approximate surface area is 238 Å². The van der Waals surface area contributed by atoms with Crippen LogP contribution in [0.25, 0.3) is 0 Å². The van der Waals surface area contributed by atoms with Crippen LogP contribution >= 0.6 is 0 Å². The van der Waals surface area contributed by atoms with Crippen LogP contribution in [0.15, 0.2) is 0 Å². The van der Waals surface area contributed by atoms with Gasteiger partial charge in [0.15, 0.2) is 6.04 Å². The molecule has 10 nitrogen and oxygen atoms in total. The van der Waals surface area contributed by atoms with Crippen molar-refractivity contribution in [3.05, 3.63) is 0 Å². The molecule has 4 aliphatic rings. The number of nitrogens with one attached hydrogen (secondary N) is 1. The van der Waals surface area contributed by atoms with Crippen LogP contribution < -0.4 is 5.43 Å². The summed E-state index contributed by atoms with van der Waals surface area (Å²) in [7, 11) is 0. The third kappa shape index (κ3) is 4.83. The molecule has 10 heteroatoms. The first kappa shape index (κ1) is 30.4. The number of amides is 2. The van der Waals surface area contributed by atoms with Crippen LogP contribution in [0.1, 0.15) is 100 Å². The third-order valence-corrected chi connectivity index (χ3v) is 11.9. The van der Waals surface area contributed by atoms with Crippen LogP contribution in [0.3, 0.4) is 0 Å². The zero-order valence-corrected chi connectivity index (χ0v) is 25.5. The third-order valence-electron chi connectivity index (χ3n) is 11.9. The molecule has 4 aliphatic carbocycles. The molecular weight excluding hydrogens is 516 g/mol. The highest BCUT2D eigenvalue weighted by atomic mass is 16.6. The van der Waals surface area contributed by atoms with Crippen molar-refractivity contribution in [3.8, 4) is 0 Å². The number of rotatable bonds is 8. The lowest BCUT2D eigenvalue weighted by Crippen LogP contribution is -2.58. The summed E-state index contributed by atoms with van der Waals surface area (Å²) in [5.74, 6) is -0.706. The Balaban J connectivity index is 1.56. The van der Waals surface area contributed by atoms with Crippen LogP contribution in [-0.2, 0) is 28.5 Å². The molecule has 2 amide bonds. The molecule has 0 aliphatic heterocycles. The zero-order chi connectivity index (χ0) is 29.7. The number of esters is 2.